The maximum Gasteiger partial charge on any atom is 0.260 e. The lowest BCUT2D eigenvalue weighted by molar-refractivity contribution is -0.119. The predicted molar refractivity (Wildman–Crippen MR) is 116 cm³/mol. The molecule has 2 rings (SSSR count). The number of nitrogens with one attached hydrogen (secondary N) is 1. The summed E-state index contributed by atoms with van der Waals surface area (Å²) in [4.78, 5) is 12.3. The molecular formula is C21H27N3O4S. The topological polar surface area (TPSA) is 88.1 Å². The van der Waals surface area contributed by atoms with Crippen LogP contribution in [0.2, 0.25) is 0 Å². The maximum atomic E-state index is 12.3. The molecule has 0 fully saturated rings. The Morgan fingerprint density at radius 2 is 1.59 bits per heavy atom. The molecule has 0 atom stereocenters. The van der Waals surface area contributed by atoms with Crippen LogP contribution in [-0.2, 0) is 14.8 Å². The molecule has 0 bridgehead atoms. The monoisotopic (exact) mass is 417 g/mol. The van der Waals surface area contributed by atoms with E-state index in [0.29, 0.717) is 17.2 Å². The molecule has 0 saturated heterocycles. The second-order valence-electron chi connectivity index (χ2n) is 7.66. The summed E-state index contributed by atoms with van der Waals surface area (Å²) in [5, 5.41) is 4.06. The summed E-state index contributed by atoms with van der Waals surface area (Å²) in [7, 11) is -3.67. The zero-order valence-electron chi connectivity index (χ0n) is 17.3. The van der Waals surface area contributed by atoms with Crippen molar-refractivity contribution in [3.8, 4) is 11.5 Å². The number of nitrogens with zero attached hydrogens (tertiary/aromatic N) is 2. The van der Waals surface area contributed by atoms with Crippen molar-refractivity contribution in [1.82, 2.24) is 5.43 Å². The van der Waals surface area contributed by atoms with E-state index in [9.17, 15) is 13.2 Å². The predicted octanol–water partition coefficient (Wildman–Crippen LogP) is 3.78. The van der Waals surface area contributed by atoms with Crippen molar-refractivity contribution in [3.63, 3.8) is 0 Å². The Labute approximate surface area is 172 Å². The van der Waals surface area contributed by atoms with E-state index >= 15 is 0 Å². The van der Waals surface area contributed by atoms with Gasteiger partial charge < -0.3 is 4.74 Å². The number of ether oxygens (including phenoxy) is 1. The third kappa shape index (κ3) is 6.90. The smallest absolute Gasteiger partial charge is 0.260 e. The molecule has 8 heteroatoms. The van der Waals surface area contributed by atoms with Gasteiger partial charge in [0.05, 0.1) is 11.9 Å². The van der Waals surface area contributed by atoms with Crippen molar-refractivity contribution >= 4 is 27.3 Å². The molecule has 0 aliphatic carbocycles. The van der Waals surface area contributed by atoms with Gasteiger partial charge in [0.25, 0.3) is 5.91 Å². The molecule has 7 nitrogen and oxygen atoms in total. The minimum Gasteiger partial charge on any atom is -0.457 e. The summed E-state index contributed by atoms with van der Waals surface area (Å²) in [6.07, 6.45) is 1.05. The van der Waals surface area contributed by atoms with Gasteiger partial charge in [-0.3, -0.25) is 9.10 Å². The van der Waals surface area contributed by atoms with Crippen molar-refractivity contribution in [2.24, 2.45) is 10.5 Å². The van der Waals surface area contributed by atoms with Gasteiger partial charge >= 0.3 is 0 Å². The lowest BCUT2D eigenvalue weighted by atomic mass is 9.91. The van der Waals surface area contributed by atoms with Crippen LogP contribution in [0.1, 0.15) is 27.7 Å². The van der Waals surface area contributed by atoms with Gasteiger partial charge in [-0.15, -0.1) is 0 Å². The normalized spacial score (nSPS) is 12.4. The zero-order valence-corrected chi connectivity index (χ0v) is 18.2. The Bertz CT molecular complexity index is 963. The van der Waals surface area contributed by atoms with Crippen LogP contribution in [0.4, 0.5) is 5.69 Å². The van der Waals surface area contributed by atoms with E-state index < -0.39 is 15.9 Å². The molecule has 1 N–H and O–H groups in total. The lowest BCUT2D eigenvalue weighted by Gasteiger charge is -2.22. The van der Waals surface area contributed by atoms with Gasteiger partial charge in [0.1, 0.15) is 18.0 Å². The second kappa shape index (κ2) is 9.09. The van der Waals surface area contributed by atoms with Crippen molar-refractivity contribution in [2.45, 2.75) is 27.7 Å². The first-order valence-electron chi connectivity index (χ1n) is 9.11. The van der Waals surface area contributed by atoms with Crippen LogP contribution in [0.15, 0.2) is 59.7 Å². The minimum absolute atomic E-state index is 0.196. The zero-order chi connectivity index (χ0) is 21.7. The van der Waals surface area contributed by atoms with E-state index in [2.05, 4.69) is 10.5 Å². The summed E-state index contributed by atoms with van der Waals surface area (Å²) >= 11 is 0. The highest BCUT2D eigenvalue weighted by molar-refractivity contribution is 7.92. The highest BCUT2D eigenvalue weighted by Crippen LogP contribution is 2.25. The molecular weight excluding hydrogens is 390 g/mol. The Balaban J connectivity index is 2.13. The van der Waals surface area contributed by atoms with E-state index in [0.717, 1.165) is 16.3 Å². The molecule has 0 aliphatic heterocycles. The maximum absolute atomic E-state index is 12.3. The molecule has 2 aromatic carbocycles. The molecule has 0 radical (unpaired) electrons. The van der Waals surface area contributed by atoms with E-state index in [1.165, 1.54) is 0 Å². The molecule has 1 amide bonds. The highest BCUT2D eigenvalue weighted by Gasteiger charge is 2.21. The van der Waals surface area contributed by atoms with Crippen LogP contribution in [-0.4, -0.2) is 32.8 Å². The number of sulfonamides is 1. The van der Waals surface area contributed by atoms with Crippen LogP contribution in [0.25, 0.3) is 0 Å². The van der Waals surface area contributed by atoms with E-state index in [4.69, 9.17) is 4.74 Å². The Morgan fingerprint density at radius 3 is 2.10 bits per heavy atom. The van der Waals surface area contributed by atoms with E-state index in [1.807, 2.05) is 51.1 Å². The number of hydrogen-bond donors (Lipinski definition) is 1. The molecule has 0 unspecified atom stereocenters. The molecule has 0 spiro atoms. The first kappa shape index (κ1) is 22.4. The average molecular weight is 418 g/mol. The van der Waals surface area contributed by atoms with Crippen molar-refractivity contribution < 1.29 is 17.9 Å². The molecule has 0 saturated carbocycles. The van der Waals surface area contributed by atoms with Crippen LogP contribution in [0.3, 0.4) is 0 Å². The van der Waals surface area contributed by atoms with Gasteiger partial charge in [-0.2, -0.15) is 5.10 Å². The minimum atomic E-state index is -3.67. The summed E-state index contributed by atoms with van der Waals surface area (Å²) in [5.41, 5.74) is 3.32. The Kier molecular flexibility index (Phi) is 7.02. The van der Waals surface area contributed by atoms with Gasteiger partial charge in [0, 0.05) is 11.1 Å². The number of hydrogen-bond acceptors (Lipinski definition) is 5. The first-order valence-corrected chi connectivity index (χ1v) is 11.0. The fourth-order valence-electron chi connectivity index (χ4n) is 2.18. The van der Waals surface area contributed by atoms with Crippen LogP contribution in [0.5, 0.6) is 11.5 Å². The van der Waals surface area contributed by atoms with E-state index in [-0.39, 0.29) is 12.0 Å². The molecule has 0 heterocycles. The second-order valence-corrected chi connectivity index (χ2v) is 9.57. The fraction of sp³-hybridized carbons (Fsp3) is 0.333. The summed E-state index contributed by atoms with van der Waals surface area (Å²) in [6.45, 7) is 7.35. The van der Waals surface area contributed by atoms with Gasteiger partial charge in [0.2, 0.25) is 10.0 Å². The number of rotatable bonds is 7. The number of hydrazone groups is 1. The number of carbonyl (C=O) groups excluding carboxylic acids is 1. The number of benzene rings is 2. The third-order valence-corrected chi connectivity index (χ3v) is 5.37. The van der Waals surface area contributed by atoms with Crippen molar-refractivity contribution in [3.05, 3.63) is 54.6 Å². The molecule has 0 aromatic heterocycles. The molecule has 156 valence electrons. The number of carbonyl (C=O) groups is 1. The number of anilines is 1. The summed E-state index contributed by atoms with van der Waals surface area (Å²) in [5.74, 6) is 0.707. The van der Waals surface area contributed by atoms with Crippen molar-refractivity contribution in [2.75, 3.05) is 17.1 Å². The van der Waals surface area contributed by atoms with Gasteiger partial charge in [0.15, 0.2) is 0 Å². The van der Waals surface area contributed by atoms with Gasteiger partial charge in [-0.1, -0.05) is 39.0 Å². The van der Waals surface area contributed by atoms with Gasteiger partial charge in [-0.25, -0.2) is 13.8 Å². The quantitative estimate of drug-likeness (QED) is 0.548. The van der Waals surface area contributed by atoms with Crippen LogP contribution in [0, 0.1) is 5.41 Å². The highest BCUT2D eigenvalue weighted by atomic mass is 32.2. The molecule has 2 aromatic rings. The SMILES string of the molecule is C/C(=N/NC(=O)CN(c1ccc(Oc2ccccc2)cc1)S(C)(=O)=O)C(C)(C)C. The standard InChI is InChI=1S/C21H27N3O4S/c1-16(21(2,3)4)22-23-20(25)15-24(29(5,26)27)17-11-13-19(14-12-17)28-18-9-7-6-8-10-18/h6-14H,15H2,1-5H3,(H,23,25)/b22-16-. The summed E-state index contributed by atoms with van der Waals surface area (Å²) in [6, 6.07) is 15.7. The van der Waals surface area contributed by atoms with Crippen LogP contribution < -0.4 is 14.5 Å². The largest absolute Gasteiger partial charge is 0.457 e. The average Bonchev–Trinajstić information content (AvgIpc) is 2.64. The van der Waals surface area contributed by atoms with Crippen LogP contribution >= 0.6 is 0 Å². The molecule has 29 heavy (non-hydrogen) atoms. The summed E-state index contributed by atoms with van der Waals surface area (Å²) < 4.78 is 31.2. The first-order chi connectivity index (χ1) is 13.5. The lowest BCUT2D eigenvalue weighted by Crippen LogP contribution is -2.39. The number of amides is 1. The molecule has 0 aliphatic rings. The van der Waals surface area contributed by atoms with E-state index in [1.54, 1.807) is 31.2 Å². The Hall–Kier alpha value is -2.87. The Morgan fingerprint density at radius 1 is 1.03 bits per heavy atom. The van der Waals surface area contributed by atoms with Gasteiger partial charge in [-0.05, 0) is 43.3 Å². The third-order valence-electron chi connectivity index (χ3n) is 4.22. The van der Waals surface area contributed by atoms with Crippen molar-refractivity contribution in [1.29, 1.82) is 0 Å². The number of para-hydroxylation sites is 1. The fourth-order valence-corrected chi connectivity index (χ4v) is 3.04.